The van der Waals surface area contributed by atoms with Crippen LogP contribution in [0.3, 0.4) is 0 Å². The molecule has 14 atom stereocenters. The predicted octanol–water partition coefficient (Wildman–Crippen LogP) is 8.39. The predicted molar refractivity (Wildman–Crippen MR) is 246 cm³/mol. The number of aliphatic hydroxyl groups excluding tert-OH is 1. The molecule has 0 aromatic heterocycles. The van der Waals surface area contributed by atoms with E-state index in [-0.39, 0.29) is 79.2 Å². The number of hydrogen-bond acceptors (Lipinski definition) is 11. The van der Waals surface area contributed by atoms with E-state index in [1.165, 1.54) is 4.90 Å². The molecule has 1 unspecified atom stereocenters. The Balaban J connectivity index is 1.62. The molecule has 2 N–H and O–H groups in total. The number of rotatable bonds is 5. The van der Waals surface area contributed by atoms with E-state index < -0.39 is 59.6 Å². The zero-order valence-corrected chi connectivity index (χ0v) is 40.8. The van der Waals surface area contributed by atoms with Crippen LogP contribution < -0.4 is 0 Å². The molecule has 1 aliphatic carbocycles. The largest absolute Gasteiger partial charge is 0.460 e. The molecule has 13 heteroatoms. The Kier molecular flexibility index (Phi) is 21.0. The Bertz CT molecular complexity index is 1610. The number of aliphatic hydroxyl groups is 2. The first-order chi connectivity index (χ1) is 29.4. The van der Waals surface area contributed by atoms with Crippen LogP contribution in [0, 0.1) is 41.4 Å². The molecule has 0 aromatic rings. The van der Waals surface area contributed by atoms with Crippen LogP contribution in [0.15, 0.2) is 36.0 Å². The molecule has 1 saturated carbocycles. The van der Waals surface area contributed by atoms with Crippen molar-refractivity contribution in [2.75, 3.05) is 13.7 Å². The number of halogens is 1. The second-order valence-corrected chi connectivity index (χ2v) is 20.0. The molecule has 4 aliphatic rings. The van der Waals surface area contributed by atoms with Crippen molar-refractivity contribution in [1.29, 1.82) is 0 Å². The van der Waals surface area contributed by atoms with Crippen LogP contribution >= 0.6 is 23.0 Å². The lowest BCUT2D eigenvalue weighted by atomic mass is 9.78. The quantitative estimate of drug-likeness (QED) is 0.154. The van der Waals surface area contributed by atoms with Crippen LogP contribution in [0.1, 0.15) is 145 Å². The van der Waals surface area contributed by atoms with Gasteiger partial charge in [0, 0.05) is 44.2 Å². The molecule has 2 bridgehead atoms. The molecule has 0 spiro atoms. The van der Waals surface area contributed by atoms with E-state index in [0.717, 1.165) is 24.8 Å². The number of hydrogen-bond donors (Lipinski definition) is 2. The fourth-order valence-corrected chi connectivity index (χ4v) is 10.5. The minimum absolute atomic E-state index is 0.00948. The minimum Gasteiger partial charge on any atom is -0.460 e. The third-order valence-electron chi connectivity index (χ3n) is 14.3. The summed E-state index contributed by atoms with van der Waals surface area (Å²) in [6, 6.07) is -1.07. The van der Waals surface area contributed by atoms with Gasteiger partial charge < -0.3 is 32.4 Å². The highest BCUT2D eigenvalue weighted by Gasteiger charge is 2.53. The summed E-state index contributed by atoms with van der Waals surface area (Å²) in [5.41, 5.74) is 1.09. The molecular formula is C49H76INO11. The van der Waals surface area contributed by atoms with Gasteiger partial charge in [-0.2, -0.15) is 0 Å². The Morgan fingerprint density at radius 1 is 0.871 bits per heavy atom. The van der Waals surface area contributed by atoms with E-state index in [0.29, 0.717) is 57.8 Å². The number of piperidine rings is 1. The van der Waals surface area contributed by atoms with Crippen LogP contribution in [0.5, 0.6) is 0 Å². The van der Waals surface area contributed by atoms with Crippen molar-refractivity contribution in [2.24, 2.45) is 41.4 Å². The summed E-state index contributed by atoms with van der Waals surface area (Å²) in [7, 11) is 1.68. The van der Waals surface area contributed by atoms with Crippen LogP contribution in [-0.4, -0.2) is 100 Å². The Hall–Kier alpha value is -2.30. The van der Waals surface area contributed by atoms with Crippen LogP contribution in [-0.2, 0) is 41.2 Å². The maximum Gasteiger partial charge on any atom is 0.329 e. The molecule has 350 valence electrons. The molecule has 12 nitrogen and oxygen atoms in total. The molecule has 0 aromatic carbocycles. The van der Waals surface area contributed by atoms with E-state index >= 15 is 0 Å². The number of carbonyl (C=O) groups is 5. The average Bonchev–Trinajstić information content (AvgIpc) is 3.25. The normalized spacial score (nSPS) is 38.5. The number of amides is 1. The monoisotopic (exact) mass is 981 g/mol. The van der Waals surface area contributed by atoms with Crippen molar-refractivity contribution in [3.8, 4) is 0 Å². The van der Waals surface area contributed by atoms with Crippen molar-refractivity contribution >= 4 is 52.2 Å². The molecule has 4 rings (SSSR count). The molecule has 62 heavy (non-hydrogen) atoms. The van der Waals surface area contributed by atoms with Gasteiger partial charge in [-0.25, -0.2) is 4.79 Å². The summed E-state index contributed by atoms with van der Waals surface area (Å²) < 4.78 is 23.8. The number of esters is 1. The van der Waals surface area contributed by atoms with Crippen LogP contribution in [0.2, 0.25) is 0 Å². The van der Waals surface area contributed by atoms with Crippen molar-refractivity contribution in [1.82, 2.24) is 4.90 Å². The summed E-state index contributed by atoms with van der Waals surface area (Å²) in [6.07, 6.45) is 15.5. The first-order valence-electron chi connectivity index (χ1n) is 23.4. The number of methoxy groups -OCH3 is 1. The fraction of sp³-hybridized carbons (Fsp3) is 0.776. The first-order valence-corrected chi connectivity index (χ1v) is 24.3. The first kappa shape index (κ1) is 52.3. The lowest BCUT2D eigenvalue weighted by Gasteiger charge is -2.42. The number of allylic oxidation sites excluding steroid dienone is 6. The Labute approximate surface area is 385 Å². The zero-order valence-electron chi connectivity index (χ0n) is 38.6. The molecule has 2 saturated heterocycles. The van der Waals surface area contributed by atoms with Crippen LogP contribution in [0.4, 0.5) is 0 Å². The standard InChI is InChI=1S/C49H76INO11/c1-30-14-10-9-11-15-31(2)24-32(3)40(52)28-41(53)33(4)25-34(5)42(54)29-44(35(6)26-37-19-22-43(62-50)45(27-37)59-8)60-48(57)39-16-12-13-23-51(39)47(56)46(55)49(58)36(7)18-21-38(61-49)20-17-30/h9-11,14-15,31-39,41,43-45,53,58H,12-13,16-29H2,1-8H3/b10-9?,15-11+,30-14?/t31-,32-,33?,34-,35-,36-,37+,38-,39+,41+,43-,44+,45-,49-/m1/s1. The topological polar surface area (TPSA) is 166 Å². The van der Waals surface area contributed by atoms with Crippen molar-refractivity contribution in [3.63, 3.8) is 0 Å². The minimum atomic E-state index is -2.33. The second kappa shape index (κ2) is 24.8. The fourth-order valence-electron chi connectivity index (χ4n) is 9.89. The highest BCUT2D eigenvalue weighted by atomic mass is 127. The third-order valence-corrected chi connectivity index (χ3v) is 14.9. The Morgan fingerprint density at radius 2 is 1.58 bits per heavy atom. The maximum absolute atomic E-state index is 14.3. The lowest BCUT2D eigenvalue weighted by Crippen LogP contribution is -2.60. The van der Waals surface area contributed by atoms with Gasteiger partial charge in [-0.05, 0) is 114 Å². The molecule has 3 heterocycles. The summed E-state index contributed by atoms with van der Waals surface area (Å²) in [6.45, 7) is 13.5. The van der Waals surface area contributed by atoms with Crippen molar-refractivity contribution in [3.05, 3.63) is 36.0 Å². The van der Waals surface area contributed by atoms with Gasteiger partial charge in [-0.15, -0.1) is 0 Å². The molecule has 1 amide bonds. The van der Waals surface area contributed by atoms with Gasteiger partial charge in [0.1, 0.15) is 46.7 Å². The third kappa shape index (κ3) is 14.6. The summed E-state index contributed by atoms with van der Waals surface area (Å²) in [5.74, 6) is -6.76. The van der Waals surface area contributed by atoms with Gasteiger partial charge in [-0.3, -0.25) is 19.2 Å². The number of ether oxygens (including phenoxy) is 3. The SMILES string of the molecule is CO[C@@H]1C[C@H](C[C@@H](C)[C@@H]2CC(=O)[C@H](C)CC(C)[C@@H](O)CC(=O)[C@H](C)C[C@H](C)/C=C/C=CC=C(C)CC[C@@H]3CC[C@@H](C)[C@@](O)(O3)C(=O)C(=O)N3CCCC[C@H]3C(=O)O2)CC[C@H]1OI. The maximum atomic E-state index is 14.3. The van der Waals surface area contributed by atoms with Gasteiger partial charge in [-0.1, -0.05) is 77.5 Å². The van der Waals surface area contributed by atoms with Gasteiger partial charge >= 0.3 is 5.97 Å². The van der Waals surface area contributed by atoms with Gasteiger partial charge in [0.25, 0.3) is 11.7 Å². The lowest BCUT2D eigenvalue weighted by molar-refractivity contribution is -0.263. The molecule has 0 radical (unpaired) electrons. The average molecular weight is 982 g/mol. The van der Waals surface area contributed by atoms with Crippen molar-refractivity contribution in [2.45, 2.75) is 187 Å². The summed E-state index contributed by atoms with van der Waals surface area (Å²) >= 11 is 1.92. The van der Waals surface area contributed by atoms with E-state index in [4.69, 9.17) is 17.3 Å². The number of ketones is 3. The molecule has 3 aliphatic heterocycles. The van der Waals surface area contributed by atoms with Gasteiger partial charge in [0.15, 0.2) is 0 Å². The number of Topliss-reactive ketones (excluding diaryl/α,β-unsaturated/α-hetero) is 3. The zero-order chi connectivity index (χ0) is 45.7. The molecular weight excluding hydrogens is 905 g/mol. The van der Waals surface area contributed by atoms with Gasteiger partial charge in [0.2, 0.25) is 5.79 Å². The summed E-state index contributed by atoms with van der Waals surface area (Å²) in [5, 5.41) is 23.0. The van der Waals surface area contributed by atoms with Gasteiger partial charge in [0.05, 0.1) is 24.4 Å². The van der Waals surface area contributed by atoms with E-state index in [1.54, 1.807) is 14.0 Å². The smallest absolute Gasteiger partial charge is 0.329 e. The number of fused-ring (bicyclic) bond motifs is 3. The van der Waals surface area contributed by atoms with E-state index in [2.05, 4.69) is 13.0 Å². The van der Waals surface area contributed by atoms with E-state index in [1.807, 2.05) is 81.9 Å². The number of cyclic esters (lactones) is 1. The Morgan fingerprint density at radius 3 is 2.29 bits per heavy atom. The number of carbonyl (C=O) groups excluding carboxylic acids is 5. The van der Waals surface area contributed by atoms with E-state index in [9.17, 15) is 34.2 Å². The highest BCUT2D eigenvalue weighted by molar-refractivity contribution is 14.1. The number of nitrogens with zero attached hydrogens (tertiary/aromatic N) is 1. The highest BCUT2D eigenvalue weighted by Crippen LogP contribution is 2.38. The summed E-state index contributed by atoms with van der Waals surface area (Å²) in [4.78, 5) is 71.1. The van der Waals surface area contributed by atoms with Crippen molar-refractivity contribution < 1.29 is 51.5 Å². The second-order valence-electron chi connectivity index (χ2n) is 19.5. The molecule has 3 fully saturated rings. The van der Waals surface area contributed by atoms with Crippen LogP contribution in [0.25, 0.3) is 0 Å².